The van der Waals surface area contributed by atoms with Crippen molar-refractivity contribution in [2.45, 2.75) is 36.4 Å². The predicted octanol–water partition coefficient (Wildman–Crippen LogP) is 1.69. The molecule has 120 valence electrons. The van der Waals surface area contributed by atoms with E-state index in [0.29, 0.717) is 0 Å². The van der Waals surface area contributed by atoms with E-state index >= 15 is 0 Å². The van der Waals surface area contributed by atoms with Gasteiger partial charge in [0.05, 0.1) is 19.3 Å². The molecule has 1 aliphatic rings. The number of azide groups is 1. The number of ether oxygens (including phenoxy) is 2. The SMILES string of the molecule is CS[C@@H]1O[C@H](CO)[C@@H](O)[C@H](OCc2ccccc2)[C@H]1N=[N+]=[N-]. The highest BCUT2D eigenvalue weighted by molar-refractivity contribution is 7.99. The molecule has 2 N–H and O–H groups in total. The minimum absolute atomic E-state index is 0.277. The molecule has 1 aliphatic heterocycles. The maximum atomic E-state index is 10.3. The van der Waals surface area contributed by atoms with Crippen molar-refractivity contribution >= 4 is 11.8 Å². The molecule has 0 saturated carbocycles. The van der Waals surface area contributed by atoms with E-state index < -0.39 is 29.8 Å². The quantitative estimate of drug-likeness (QED) is 0.470. The van der Waals surface area contributed by atoms with E-state index in [4.69, 9.17) is 15.0 Å². The zero-order valence-corrected chi connectivity index (χ0v) is 13.0. The number of hydrogen-bond acceptors (Lipinski definition) is 6. The van der Waals surface area contributed by atoms with Crippen LogP contribution in [-0.4, -0.2) is 52.9 Å². The van der Waals surface area contributed by atoms with Gasteiger partial charge in [0.1, 0.15) is 23.7 Å². The molecule has 1 aromatic rings. The Balaban J connectivity index is 2.15. The molecular formula is C14H19N3O4S. The zero-order chi connectivity index (χ0) is 15.9. The molecule has 1 heterocycles. The Morgan fingerprint density at radius 2 is 2.14 bits per heavy atom. The van der Waals surface area contributed by atoms with Crippen molar-refractivity contribution in [2.75, 3.05) is 12.9 Å². The fourth-order valence-corrected chi connectivity index (χ4v) is 3.13. The van der Waals surface area contributed by atoms with Gasteiger partial charge < -0.3 is 19.7 Å². The van der Waals surface area contributed by atoms with Gasteiger partial charge in [-0.15, -0.1) is 11.8 Å². The minimum Gasteiger partial charge on any atom is -0.394 e. The molecule has 1 fully saturated rings. The van der Waals surface area contributed by atoms with E-state index in [1.165, 1.54) is 11.8 Å². The summed E-state index contributed by atoms with van der Waals surface area (Å²) in [6.07, 6.45) is -0.749. The van der Waals surface area contributed by atoms with Crippen LogP contribution in [0, 0.1) is 0 Å². The lowest BCUT2D eigenvalue weighted by molar-refractivity contribution is -0.185. The molecule has 0 aromatic heterocycles. The molecule has 1 saturated heterocycles. The summed E-state index contributed by atoms with van der Waals surface area (Å²) < 4.78 is 11.4. The summed E-state index contributed by atoms with van der Waals surface area (Å²) >= 11 is 1.35. The van der Waals surface area contributed by atoms with Gasteiger partial charge in [-0.25, -0.2) is 0 Å². The van der Waals surface area contributed by atoms with Gasteiger partial charge in [0.2, 0.25) is 0 Å². The molecule has 2 rings (SSSR count). The van der Waals surface area contributed by atoms with Crippen molar-refractivity contribution in [2.24, 2.45) is 5.11 Å². The van der Waals surface area contributed by atoms with Gasteiger partial charge in [-0.05, 0) is 17.4 Å². The lowest BCUT2D eigenvalue weighted by atomic mass is 9.98. The maximum absolute atomic E-state index is 10.3. The molecule has 22 heavy (non-hydrogen) atoms. The number of benzene rings is 1. The van der Waals surface area contributed by atoms with Crippen LogP contribution in [0.3, 0.4) is 0 Å². The van der Waals surface area contributed by atoms with Crippen LogP contribution in [0.2, 0.25) is 0 Å². The van der Waals surface area contributed by atoms with E-state index in [0.717, 1.165) is 5.56 Å². The Bertz CT molecular complexity index is 512. The number of nitrogens with zero attached hydrogens (tertiary/aromatic N) is 3. The second-order valence-electron chi connectivity index (χ2n) is 4.91. The average Bonchev–Trinajstić information content (AvgIpc) is 2.56. The van der Waals surface area contributed by atoms with Gasteiger partial charge >= 0.3 is 0 Å². The third kappa shape index (κ3) is 3.92. The van der Waals surface area contributed by atoms with Crippen LogP contribution >= 0.6 is 11.8 Å². The third-order valence-corrected chi connectivity index (χ3v) is 4.38. The second kappa shape index (κ2) is 8.38. The minimum atomic E-state index is -1.06. The maximum Gasteiger partial charge on any atom is 0.114 e. The number of rotatable bonds is 6. The normalized spacial score (nSPS) is 31.5. The summed E-state index contributed by atoms with van der Waals surface area (Å²) in [5.41, 5.74) is 9.22. The fraction of sp³-hybridized carbons (Fsp3) is 0.571. The van der Waals surface area contributed by atoms with Crippen molar-refractivity contribution in [3.8, 4) is 0 Å². The molecule has 0 amide bonds. The van der Waals surface area contributed by atoms with Crippen molar-refractivity contribution in [3.05, 3.63) is 46.3 Å². The largest absolute Gasteiger partial charge is 0.394 e. The molecule has 0 unspecified atom stereocenters. The summed E-state index contributed by atoms with van der Waals surface area (Å²) in [6, 6.07) is 8.84. The lowest BCUT2D eigenvalue weighted by Crippen LogP contribution is -2.57. The smallest absolute Gasteiger partial charge is 0.114 e. The van der Waals surface area contributed by atoms with Crippen LogP contribution in [0.5, 0.6) is 0 Å². The Morgan fingerprint density at radius 1 is 1.41 bits per heavy atom. The zero-order valence-electron chi connectivity index (χ0n) is 12.1. The number of aliphatic hydroxyl groups excluding tert-OH is 2. The van der Waals surface area contributed by atoms with Crippen molar-refractivity contribution in [3.63, 3.8) is 0 Å². The van der Waals surface area contributed by atoms with Gasteiger partial charge in [-0.3, -0.25) is 0 Å². The van der Waals surface area contributed by atoms with E-state index in [1.807, 2.05) is 36.6 Å². The van der Waals surface area contributed by atoms with Crippen LogP contribution in [0.4, 0.5) is 0 Å². The van der Waals surface area contributed by atoms with Crippen molar-refractivity contribution in [1.29, 1.82) is 0 Å². The van der Waals surface area contributed by atoms with Crippen LogP contribution in [0.25, 0.3) is 10.4 Å². The Morgan fingerprint density at radius 3 is 2.73 bits per heavy atom. The first-order valence-electron chi connectivity index (χ1n) is 6.88. The molecule has 0 radical (unpaired) electrons. The lowest BCUT2D eigenvalue weighted by Gasteiger charge is -2.42. The summed E-state index contributed by atoms with van der Waals surface area (Å²) in [4.78, 5) is 2.83. The Labute approximate surface area is 132 Å². The third-order valence-electron chi connectivity index (χ3n) is 3.52. The number of aliphatic hydroxyl groups is 2. The average molecular weight is 325 g/mol. The van der Waals surface area contributed by atoms with Gasteiger partial charge in [0.15, 0.2) is 0 Å². The highest BCUT2D eigenvalue weighted by Gasteiger charge is 2.45. The van der Waals surface area contributed by atoms with Crippen molar-refractivity contribution < 1.29 is 19.7 Å². The first kappa shape index (κ1) is 17.1. The van der Waals surface area contributed by atoms with Crippen LogP contribution < -0.4 is 0 Å². The van der Waals surface area contributed by atoms with Gasteiger partial charge in [0.25, 0.3) is 0 Å². The summed E-state index contributed by atoms with van der Waals surface area (Å²) in [7, 11) is 0. The molecule has 1 aromatic carbocycles. The van der Waals surface area contributed by atoms with E-state index in [9.17, 15) is 10.2 Å². The molecular weight excluding hydrogens is 306 g/mol. The number of hydrogen-bond donors (Lipinski definition) is 2. The molecule has 0 aliphatic carbocycles. The predicted molar refractivity (Wildman–Crippen MR) is 83.2 cm³/mol. The molecule has 0 bridgehead atoms. The molecule has 5 atom stereocenters. The first-order chi connectivity index (χ1) is 10.7. The number of thioether (sulfide) groups is 1. The Kier molecular flexibility index (Phi) is 6.50. The Hall–Kier alpha value is -1.28. The van der Waals surface area contributed by atoms with Gasteiger partial charge in [-0.1, -0.05) is 35.4 Å². The highest BCUT2D eigenvalue weighted by Crippen LogP contribution is 2.31. The first-order valence-corrected chi connectivity index (χ1v) is 8.17. The van der Waals surface area contributed by atoms with E-state index in [2.05, 4.69) is 10.0 Å². The van der Waals surface area contributed by atoms with E-state index in [1.54, 1.807) is 0 Å². The second-order valence-corrected chi connectivity index (χ2v) is 5.84. The van der Waals surface area contributed by atoms with Crippen LogP contribution in [0.1, 0.15) is 5.56 Å². The molecule has 0 spiro atoms. The van der Waals surface area contributed by atoms with Crippen LogP contribution in [-0.2, 0) is 16.1 Å². The van der Waals surface area contributed by atoms with E-state index in [-0.39, 0.29) is 13.2 Å². The summed E-state index contributed by atoms with van der Waals surface area (Å²) in [5, 5.41) is 23.4. The molecule has 8 heteroatoms. The monoisotopic (exact) mass is 325 g/mol. The van der Waals surface area contributed by atoms with Crippen molar-refractivity contribution in [1.82, 2.24) is 0 Å². The highest BCUT2D eigenvalue weighted by atomic mass is 32.2. The van der Waals surface area contributed by atoms with Crippen LogP contribution in [0.15, 0.2) is 35.4 Å². The van der Waals surface area contributed by atoms with Gasteiger partial charge in [-0.2, -0.15) is 0 Å². The van der Waals surface area contributed by atoms with Gasteiger partial charge in [0, 0.05) is 4.91 Å². The molecule has 7 nitrogen and oxygen atoms in total. The fourth-order valence-electron chi connectivity index (χ4n) is 2.39. The summed E-state index contributed by atoms with van der Waals surface area (Å²) in [5.74, 6) is 0. The summed E-state index contributed by atoms with van der Waals surface area (Å²) in [6.45, 7) is -0.0499. The topological polar surface area (TPSA) is 108 Å². The standard InChI is InChI=1S/C14H19N3O4S/c1-22-14-11(16-17-15)13(12(19)10(7-18)21-14)20-8-9-5-3-2-4-6-9/h2-6,10-14,18-19H,7-8H2,1H3/t10-,11-,12-,13-,14+/m1/s1.